The van der Waals surface area contributed by atoms with Crippen LogP contribution in [0.4, 0.5) is 0 Å². The van der Waals surface area contributed by atoms with Gasteiger partial charge in [0.15, 0.2) is 0 Å². The van der Waals surface area contributed by atoms with Crippen molar-refractivity contribution in [3.63, 3.8) is 0 Å². The molecule has 0 bridgehead atoms. The summed E-state index contributed by atoms with van der Waals surface area (Å²) in [5, 5.41) is 0. The fourth-order valence-electron chi connectivity index (χ4n) is 4.71. The molecular weight excluding hydrogens is 392 g/mol. The van der Waals surface area contributed by atoms with E-state index >= 15 is 0 Å². The zero-order chi connectivity index (χ0) is 21.8. The molecule has 0 radical (unpaired) electrons. The van der Waals surface area contributed by atoms with Crippen molar-refractivity contribution < 1.29 is 18.0 Å². The lowest BCUT2D eigenvalue weighted by Crippen LogP contribution is -2.46. The molecule has 1 fully saturated rings. The Balaban J connectivity index is 1.77. The Labute approximate surface area is 186 Å². The quantitative estimate of drug-likeness (QED) is 0.237. The number of benzene rings is 1. The third kappa shape index (κ3) is 8.33. The monoisotopic (exact) mass is 436 g/mol. The molecule has 0 N–H and O–H groups in total. The lowest BCUT2D eigenvalue weighted by Gasteiger charge is -2.30. The summed E-state index contributed by atoms with van der Waals surface area (Å²) in [6, 6.07) is 9.59. The molecule has 0 atom stereocenters. The standard InChI is InChI=1S/C25H44O4Si/c1-6-27-30(28-7-2,29-8-3)19-9-18-26-25-16-14-24(15-17-25)23-12-10-22(11-13-23)20-21(4)5/h14-17,21-23H,6-13,18-20H2,1-5H3. The normalized spacial score (nSPS) is 19.9. The summed E-state index contributed by atoms with van der Waals surface area (Å²) in [5.74, 6) is 3.43. The molecule has 172 valence electrons. The highest BCUT2D eigenvalue weighted by atomic mass is 28.4. The Bertz CT molecular complexity index is 550. The van der Waals surface area contributed by atoms with Gasteiger partial charge in [-0.1, -0.05) is 26.0 Å². The van der Waals surface area contributed by atoms with Crippen LogP contribution >= 0.6 is 0 Å². The number of hydrogen-bond acceptors (Lipinski definition) is 4. The van der Waals surface area contributed by atoms with Gasteiger partial charge in [0, 0.05) is 25.9 Å². The third-order valence-corrected chi connectivity index (χ3v) is 9.14. The van der Waals surface area contributed by atoms with Crippen LogP contribution in [0.15, 0.2) is 24.3 Å². The van der Waals surface area contributed by atoms with E-state index in [1.807, 2.05) is 20.8 Å². The van der Waals surface area contributed by atoms with E-state index in [0.717, 1.165) is 36.0 Å². The zero-order valence-corrected chi connectivity index (χ0v) is 21.0. The summed E-state index contributed by atoms with van der Waals surface area (Å²) in [4.78, 5) is 0. The first-order chi connectivity index (χ1) is 14.5. The molecule has 0 heterocycles. The van der Waals surface area contributed by atoms with Gasteiger partial charge in [0.1, 0.15) is 5.75 Å². The smallest absolute Gasteiger partial charge is 0.494 e. The second kappa shape index (κ2) is 13.5. The molecule has 1 saturated carbocycles. The molecule has 2 rings (SSSR count). The van der Waals surface area contributed by atoms with E-state index in [9.17, 15) is 0 Å². The lowest BCUT2D eigenvalue weighted by molar-refractivity contribution is 0.0696. The van der Waals surface area contributed by atoms with E-state index in [1.165, 1.54) is 37.7 Å². The summed E-state index contributed by atoms with van der Waals surface area (Å²) in [6.45, 7) is 13.2. The number of hydrogen-bond donors (Lipinski definition) is 0. The van der Waals surface area contributed by atoms with Crippen LogP contribution in [0.25, 0.3) is 0 Å². The van der Waals surface area contributed by atoms with Gasteiger partial charge >= 0.3 is 8.80 Å². The average molecular weight is 437 g/mol. The van der Waals surface area contributed by atoms with Crippen LogP contribution in [-0.4, -0.2) is 35.2 Å². The fourth-order valence-corrected chi connectivity index (χ4v) is 7.29. The van der Waals surface area contributed by atoms with Crippen LogP contribution in [0, 0.1) is 11.8 Å². The second-order valence-electron chi connectivity index (χ2n) is 8.85. The molecule has 1 aromatic carbocycles. The Hall–Kier alpha value is -0.883. The molecule has 0 amide bonds. The minimum absolute atomic E-state index is 0.619. The first-order valence-electron chi connectivity index (χ1n) is 12.2. The largest absolute Gasteiger partial charge is 0.501 e. The van der Waals surface area contributed by atoms with Gasteiger partial charge in [-0.15, -0.1) is 0 Å². The van der Waals surface area contributed by atoms with Crippen molar-refractivity contribution in [2.75, 3.05) is 26.4 Å². The van der Waals surface area contributed by atoms with Crippen molar-refractivity contribution in [1.29, 1.82) is 0 Å². The molecule has 0 aromatic heterocycles. The summed E-state index contributed by atoms with van der Waals surface area (Å²) in [7, 11) is -2.56. The zero-order valence-electron chi connectivity index (χ0n) is 20.0. The average Bonchev–Trinajstić information content (AvgIpc) is 2.73. The summed E-state index contributed by atoms with van der Waals surface area (Å²) in [6.07, 6.45) is 7.68. The highest BCUT2D eigenvalue weighted by Crippen LogP contribution is 2.38. The van der Waals surface area contributed by atoms with Crippen LogP contribution in [0.3, 0.4) is 0 Å². The van der Waals surface area contributed by atoms with E-state index in [4.69, 9.17) is 18.0 Å². The van der Waals surface area contributed by atoms with Crippen LogP contribution in [0.1, 0.15) is 84.6 Å². The van der Waals surface area contributed by atoms with Gasteiger partial charge in [-0.05, 0) is 94.7 Å². The minimum Gasteiger partial charge on any atom is -0.494 e. The molecule has 0 saturated heterocycles. The molecule has 1 aromatic rings. The predicted octanol–water partition coefficient (Wildman–Crippen LogP) is 6.82. The van der Waals surface area contributed by atoms with Gasteiger partial charge in [0.05, 0.1) is 6.61 Å². The number of rotatable bonds is 14. The SMILES string of the molecule is CCO[Si](CCCOc1ccc(C2CCC(CC(C)C)CC2)cc1)(OCC)OCC. The van der Waals surface area contributed by atoms with E-state index in [-0.39, 0.29) is 0 Å². The van der Waals surface area contributed by atoms with E-state index in [1.54, 1.807) is 0 Å². The van der Waals surface area contributed by atoms with Crippen molar-refractivity contribution >= 4 is 8.80 Å². The molecule has 0 aliphatic heterocycles. The maximum absolute atomic E-state index is 5.99. The highest BCUT2D eigenvalue weighted by molar-refractivity contribution is 6.60. The van der Waals surface area contributed by atoms with Crippen LogP contribution < -0.4 is 4.74 Å². The van der Waals surface area contributed by atoms with E-state index in [2.05, 4.69) is 38.1 Å². The molecule has 1 aliphatic carbocycles. The Morgan fingerprint density at radius 3 is 1.93 bits per heavy atom. The highest BCUT2D eigenvalue weighted by Gasteiger charge is 2.39. The van der Waals surface area contributed by atoms with Gasteiger partial charge in [0.25, 0.3) is 0 Å². The molecular formula is C25H44O4Si. The minimum atomic E-state index is -2.56. The van der Waals surface area contributed by atoms with E-state index in [0.29, 0.717) is 26.4 Å². The lowest BCUT2D eigenvalue weighted by atomic mass is 9.76. The molecule has 0 unspecified atom stereocenters. The summed E-state index contributed by atoms with van der Waals surface area (Å²) >= 11 is 0. The number of ether oxygens (including phenoxy) is 1. The third-order valence-electron chi connectivity index (χ3n) is 5.99. The topological polar surface area (TPSA) is 36.9 Å². The van der Waals surface area contributed by atoms with Crippen molar-refractivity contribution in [3.8, 4) is 5.75 Å². The van der Waals surface area contributed by atoms with Crippen LogP contribution in [0.5, 0.6) is 5.75 Å². The molecule has 0 spiro atoms. The Morgan fingerprint density at radius 1 is 0.867 bits per heavy atom. The first kappa shape index (κ1) is 25.4. The van der Waals surface area contributed by atoms with Crippen molar-refractivity contribution in [1.82, 2.24) is 0 Å². The maximum atomic E-state index is 5.99. The molecule has 5 heteroatoms. The summed E-state index contributed by atoms with van der Waals surface area (Å²) < 4.78 is 23.7. The maximum Gasteiger partial charge on any atom is 0.501 e. The van der Waals surface area contributed by atoms with Crippen LogP contribution in [0.2, 0.25) is 6.04 Å². The molecule has 30 heavy (non-hydrogen) atoms. The van der Waals surface area contributed by atoms with Crippen molar-refractivity contribution in [2.45, 2.75) is 85.1 Å². The van der Waals surface area contributed by atoms with Gasteiger partial charge < -0.3 is 18.0 Å². The second-order valence-corrected chi connectivity index (χ2v) is 11.6. The Kier molecular flexibility index (Phi) is 11.4. The van der Waals surface area contributed by atoms with Gasteiger partial charge in [0.2, 0.25) is 0 Å². The first-order valence-corrected chi connectivity index (χ1v) is 14.1. The van der Waals surface area contributed by atoms with Gasteiger partial charge in [-0.3, -0.25) is 0 Å². The van der Waals surface area contributed by atoms with Gasteiger partial charge in [-0.2, -0.15) is 0 Å². The van der Waals surface area contributed by atoms with Crippen molar-refractivity contribution in [3.05, 3.63) is 29.8 Å². The van der Waals surface area contributed by atoms with Crippen molar-refractivity contribution in [2.24, 2.45) is 11.8 Å². The van der Waals surface area contributed by atoms with E-state index < -0.39 is 8.80 Å². The van der Waals surface area contributed by atoms with Gasteiger partial charge in [-0.25, -0.2) is 0 Å². The predicted molar refractivity (Wildman–Crippen MR) is 126 cm³/mol. The Morgan fingerprint density at radius 2 is 1.43 bits per heavy atom. The van der Waals surface area contributed by atoms with Crippen LogP contribution in [-0.2, 0) is 13.3 Å². The fraction of sp³-hybridized carbons (Fsp3) is 0.760. The molecule has 1 aliphatic rings. The molecule has 4 nitrogen and oxygen atoms in total. The summed E-state index contributed by atoms with van der Waals surface area (Å²) in [5.41, 5.74) is 1.47.